The maximum atomic E-state index is 12.2. The molecule has 0 spiro atoms. The number of phosphoric acid groups is 1. The van der Waals surface area contributed by atoms with Crippen LogP contribution < -0.4 is 0 Å². The van der Waals surface area contributed by atoms with Crippen molar-refractivity contribution in [1.82, 2.24) is 0 Å². The van der Waals surface area contributed by atoms with E-state index in [4.69, 9.17) is 9.05 Å². The Balaban J connectivity index is 3.86. The molecule has 0 rings (SSSR count). The number of carbonyl (C=O) groups excluding carboxylic acids is 1. The zero-order valence-electron chi connectivity index (χ0n) is 23.2. The third-order valence-corrected chi connectivity index (χ3v) is 7.23. The summed E-state index contributed by atoms with van der Waals surface area (Å²) in [5, 5.41) is 0. The minimum atomic E-state index is -4.06. The average molecular weight is 507 g/mol. The summed E-state index contributed by atoms with van der Waals surface area (Å²) in [5.74, 6) is 0.0701. The summed E-state index contributed by atoms with van der Waals surface area (Å²) in [6.07, 6.45) is 20.3. The van der Waals surface area contributed by atoms with E-state index in [0.29, 0.717) is 12.8 Å². The van der Waals surface area contributed by atoms with Gasteiger partial charge in [0.05, 0.1) is 40.9 Å². The number of unbranched alkanes of at least 4 members (excludes halogenated alkanes) is 13. The van der Waals surface area contributed by atoms with E-state index in [-0.39, 0.29) is 24.9 Å². The molecule has 0 aromatic rings. The zero-order valence-corrected chi connectivity index (χ0v) is 24.1. The van der Waals surface area contributed by atoms with Crippen molar-refractivity contribution in [3.63, 3.8) is 0 Å². The van der Waals surface area contributed by atoms with Crippen molar-refractivity contribution in [3.05, 3.63) is 0 Å². The lowest BCUT2D eigenvalue weighted by Gasteiger charge is -2.24. The van der Waals surface area contributed by atoms with Crippen LogP contribution in [0.5, 0.6) is 0 Å². The van der Waals surface area contributed by atoms with E-state index in [1.165, 1.54) is 77.0 Å². The fourth-order valence-corrected chi connectivity index (χ4v) is 5.07. The van der Waals surface area contributed by atoms with Crippen molar-refractivity contribution in [2.24, 2.45) is 5.92 Å². The monoisotopic (exact) mass is 506 g/mol. The Hall–Kier alpha value is -0.260. The highest BCUT2D eigenvalue weighted by Gasteiger charge is 2.24. The van der Waals surface area contributed by atoms with Gasteiger partial charge in [-0.05, 0) is 19.3 Å². The molecule has 0 saturated carbocycles. The first-order valence-corrected chi connectivity index (χ1v) is 15.5. The fourth-order valence-electron chi connectivity index (χ4n) is 4.23. The Morgan fingerprint density at radius 3 is 1.71 bits per heavy atom. The minimum Gasteiger partial charge on any atom is -0.331 e. The van der Waals surface area contributed by atoms with E-state index < -0.39 is 7.82 Å². The first kappa shape index (κ1) is 33.7. The molecule has 0 aliphatic heterocycles. The van der Waals surface area contributed by atoms with E-state index in [2.05, 4.69) is 28.1 Å². The van der Waals surface area contributed by atoms with E-state index >= 15 is 0 Å². The lowest BCUT2D eigenvalue weighted by atomic mass is 9.96. The molecule has 204 valence electrons. The molecule has 0 saturated heterocycles. The van der Waals surface area contributed by atoms with Crippen molar-refractivity contribution < 1.29 is 27.8 Å². The second-order valence-electron chi connectivity index (χ2n) is 11.1. The van der Waals surface area contributed by atoms with Crippen LogP contribution in [0, 0.1) is 5.92 Å². The normalized spacial score (nSPS) is 14.8. The van der Waals surface area contributed by atoms with Crippen LogP contribution in [0.4, 0.5) is 0 Å². The number of rotatable bonds is 25. The standard InChI is InChI=1S/C27H56NO5P/c1-6-7-8-9-10-11-12-13-14-15-16-17-18-19-21-27(24-26(2)29)25-33-34(30,31)32-23-20-22-28(3,4)5/h27H,6-25H2,1-5H3/p+1. The summed E-state index contributed by atoms with van der Waals surface area (Å²) in [6, 6.07) is 0. The Kier molecular flexibility index (Phi) is 20.7. The molecular weight excluding hydrogens is 449 g/mol. The van der Waals surface area contributed by atoms with Gasteiger partial charge in [0.2, 0.25) is 0 Å². The van der Waals surface area contributed by atoms with Crippen LogP contribution in [0.3, 0.4) is 0 Å². The van der Waals surface area contributed by atoms with E-state index in [1.54, 1.807) is 6.92 Å². The molecule has 0 aromatic heterocycles. The van der Waals surface area contributed by atoms with Crippen LogP contribution in [0.2, 0.25) is 0 Å². The molecule has 1 N–H and O–H groups in total. The maximum absolute atomic E-state index is 12.2. The number of carbonyl (C=O) groups is 1. The van der Waals surface area contributed by atoms with Gasteiger partial charge in [-0.2, -0.15) is 0 Å². The smallest absolute Gasteiger partial charge is 0.331 e. The van der Waals surface area contributed by atoms with Gasteiger partial charge in [-0.1, -0.05) is 96.8 Å². The molecule has 34 heavy (non-hydrogen) atoms. The molecule has 0 amide bonds. The van der Waals surface area contributed by atoms with Crippen molar-refractivity contribution in [2.75, 3.05) is 40.9 Å². The number of Topliss-reactive ketones (excluding diaryl/α,β-unsaturated/α-hetero) is 1. The van der Waals surface area contributed by atoms with Gasteiger partial charge in [0, 0.05) is 12.8 Å². The Morgan fingerprint density at radius 2 is 1.26 bits per heavy atom. The number of quaternary nitrogens is 1. The van der Waals surface area contributed by atoms with E-state index in [9.17, 15) is 14.3 Å². The molecule has 0 heterocycles. The van der Waals surface area contributed by atoms with Crippen LogP contribution in [0.1, 0.15) is 123 Å². The molecule has 2 unspecified atom stereocenters. The number of phosphoric ester groups is 1. The molecule has 0 fully saturated rings. The van der Waals surface area contributed by atoms with Gasteiger partial charge in [-0.25, -0.2) is 4.57 Å². The van der Waals surface area contributed by atoms with Crippen molar-refractivity contribution in [1.29, 1.82) is 0 Å². The van der Waals surface area contributed by atoms with Gasteiger partial charge in [0.25, 0.3) is 0 Å². The molecule has 2 atom stereocenters. The number of ketones is 1. The van der Waals surface area contributed by atoms with E-state index in [0.717, 1.165) is 30.3 Å². The quantitative estimate of drug-likeness (QED) is 0.0781. The highest BCUT2D eigenvalue weighted by Crippen LogP contribution is 2.44. The third kappa shape index (κ3) is 24.9. The summed E-state index contributed by atoms with van der Waals surface area (Å²) < 4.78 is 23.3. The summed E-state index contributed by atoms with van der Waals surface area (Å²) in [5.41, 5.74) is 0. The van der Waals surface area contributed by atoms with Gasteiger partial charge in [-0.15, -0.1) is 0 Å². The molecule has 0 bridgehead atoms. The minimum absolute atomic E-state index is 0.0230. The van der Waals surface area contributed by atoms with Crippen LogP contribution >= 0.6 is 7.82 Å². The lowest BCUT2D eigenvalue weighted by Crippen LogP contribution is -2.35. The average Bonchev–Trinajstić information content (AvgIpc) is 2.74. The maximum Gasteiger partial charge on any atom is 0.472 e. The Bertz CT molecular complexity index is 536. The van der Waals surface area contributed by atoms with Crippen molar-refractivity contribution in [3.8, 4) is 0 Å². The molecule has 0 aromatic carbocycles. The summed E-state index contributed by atoms with van der Waals surface area (Å²) in [7, 11) is 2.14. The van der Waals surface area contributed by atoms with Gasteiger partial charge in [0.1, 0.15) is 5.78 Å². The van der Waals surface area contributed by atoms with Gasteiger partial charge in [0.15, 0.2) is 0 Å². The Labute approximate surface area is 211 Å². The van der Waals surface area contributed by atoms with Crippen LogP contribution in [0.15, 0.2) is 0 Å². The fraction of sp³-hybridized carbons (Fsp3) is 0.963. The van der Waals surface area contributed by atoms with Crippen LogP contribution in [-0.4, -0.2) is 56.1 Å². The predicted octanol–water partition coefficient (Wildman–Crippen LogP) is 7.68. The van der Waals surface area contributed by atoms with Gasteiger partial charge < -0.3 is 14.2 Å². The van der Waals surface area contributed by atoms with Crippen LogP contribution in [0.25, 0.3) is 0 Å². The first-order valence-electron chi connectivity index (χ1n) is 14.0. The van der Waals surface area contributed by atoms with Gasteiger partial charge in [-0.3, -0.25) is 9.05 Å². The highest BCUT2D eigenvalue weighted by atomic mass is 31.2. The van der Waals surface area contributed by atoms with E-state index in [1.807, 2.05) is 0 Å². The number of hydrogen-bond donors (Lipinski definition) is 1. The first-order chi connectivity index (χ1) is 16.1. The molecule has 0 radical (unpaired) electrons. The molecule has 6 nitrogen and oxygen atoms in total. The largest absolute Gasteiger partial charge is 0.472 e. The highest BCUT2D eigenvalue weighted by molar-refractivity contribution is 7.47. The third-order valence-electron chi connectivity index (χ3n) is 6.24. The predicted molar refractivity (Wildman–Crippen MR) is 143 cm³/mol. The summed E-state index contributed by atoms with van der Waals surface area (Å²) in [6.45, 7) is 4.98. The van der Waals surface area contributed by atoms with Crippen molar-refractivity contribution >= 4 is 13.6 Å². The lowest BCUT2D eigenvalue weighted by molar-refractivity contribution is -0.870. The molecule has 0 aliphatic rings. The van der Waals surface area contributed by atoms with Gasteiger partial charge >= 0.3 is 7.82 Å². The second kappa shape index (κ2) is 20.9. The molecule has 7 heteroatoms. The zero-order chi connectivity index (χ0) is 25.7. The summed E-state index contributed by atoms with van der Waals surface area (Å²) >= 11 is 0. The second-order valence-corrected chi connectivity index (χ2v) is 12.6. The topological polar surface area (TPSA) is 72.8 Å². The molecular formula is C27H57NO5P+. The Morgan fingerprint density at radius 1 is 0.794 bits per heavy atom. The number of hydrogen-bond acceptors (Lipinski definition) is 4. The number of nitrogens with zero attached hydrogens (tertiary/aromatic N) is 1. The van der Waals surface area contributed by atoms with Crippen LogP contribution in [-0.2, 0) is 18.4 Å². The summed E-state index contributed by atoms with van der Waals surface area (Å²) in [4.78, 5) is 21.6. The molecule has 0 aliphatic carbocycles. The van der Waals surface area contributed by atoms with Crippen molar-refractivity contribution in [2.45, 2.75) is 123 Å². The SMILES string of the molecule is CCCCCCCCCCCCCCCCC(COP(=O)(O)OCCC[N+](C)(C)C)CC(C)=O.